The maximum absolute atomic E-state index is 9.26. The van der Waals surface area contributed by atoms with Crippen LogP contribution in [0.1, 0.15) is 11.0 Å². The molecule has 0 aliphatic heterocycles. The van der Waals surface area contributed by atoms with Gasteiger partial charge in [-0.15, -0.1) is 11.3 Å². The molecule has 78 valence electrons. The monoisotopic (exact) mass is 220 g/mol. The summed E-state index contributed by atoms with van der Waals surface area (Å²) in [6.45, 7) is 0.0441. The number of rotatable bonds is 4. The van der Waals surface area contributed by atoms with Crippen molar-refractivity contribution < 1.29 is 5.11 Å². The van der Waals surface area contributed by atoms with Gasteiger partial charge in [-0.3, -0.25) is 0 Å². The van der Waals surface area contributed by atoms with E-state index in [9.17, 15) is 5.11 Å². The Morgan fingerprint density at radius 1 is 1.33 bits per heavy atom. The number of thiazole rings is 1. The first kappa shape index (κ1) is 10.1. The summed E-state index contributed by atoms with van der Waals surface area (Å²) in [6, 6.07) is 9.69. The number of para-hydroxylation sites is 1. The number of hydrogen-bond acceptors (Lipinski definition) is 4. The molecule has 0 radical (unpaired) electrons. The quantitative estimate of drug-likeness (QED) is 0.831. The van der Waals surface area contributed by atoms with Crippen molar-refractivity contribution in [1.82, 2.24) is 4.98 Å². The van der Waals surface area contributed by atoms with E-state index in [4.69, 9.17) is 0 Å². The van der Waals surface area contributed by atoms with Crippen molar-refractivity contribution in [2.75, 3.05) is 11.9 Å². The van der Waals surface area contributed by atoms with E-state index < -0.39 is 0 Å². The molecule has 1 aromatic heterocycles. The smallest absolute Gasteiger partial charge is 0.117 e. The Bertz CT molecular complexity index is 388. The van der Waals surface area contributed by atoms with Gasteiger partial charge in [0.1, 0.15) is 11.0 Å². The summed E-state index contributed by atoms with van der Waals surface area (Å²) >= 11 is 1.54. The van der Waals surface area contributed by atoms with Crippen LogP contribution in [-0.2, 0) is 0 Å². The van der Waals surface area contributed by atoms with Crippen LogP contribution >= 0.6 is 11.3 Å². The first-order chi connectivity index (χ1) is 7.40. The highest BCUT2D eigenvalue weighted by molar-refractivity contribution is 7.09. The van der Waals surface area contributed by atoms with Gasteiger partial charge in [-0.1, -0.05) is 18.2 Å². The van der Waals surface area contributed by atoms with Gasteiger partial charge in [-0.25, -0.2) is 4.98 Å². The highest BCUT2D eigenvalue weighted by Gasteiger charge is 2.11. The van der Waals surface area contributed by atoms with E-state index in [1.54, 1.807) is 17.5 Å². The van der Waals surface area contributed by atoms with Crippen LogP contribution in [0.2, 0.25) is 0 Å². The van der Waals surface area contributed by atoms with Crippen molar-refractivity contribution in [3.8, 4) is 0 Å². The topological polar surface area (TPSA) is 45.1 Å². The van der Waals surface area contributed by atoms with E-state index in [1.807, 2.05) is 35.7 Å². The van der Waals surface area contributed by atoms with E-state index in [-0.39, 0.29) is 12.6 Å². The molecule has 0 amide bonds. The van der Waals surface area contributed by atoms with Gasteiger partial charge in [0.05, 0.1) is 6.61 Å². The van der Waals surface area contributed by atoms with Crippen LogP contribution in [0.4, 0.5) is 5.69 Å². The molecule has 4 heteroatoms. The van der Waals surface area contributed by atoms with Crippen LogP contribution in [0.5, 0.6) is 0 Å². The third kappa shape index (κ3) is 2.55. The highest BCUT2D eigenvalue weighted by Crippen LogP contribution is 2.20. The zero-order valence-corrected chi connectivity index (χ0v) is 8.95. The molecular weight excluding hydrogens is 208 g/mol. The number of nitrogens with one attached hydrogen (secondary N) is 1. The molecule has 2 aromatic rings. The van der Waals surface area contributed by atoms with Crippen molar-refractivity contribution in [2.45, 2.75) is 6.04 Å². The van der Waals surface area contributed by atoms with Gasteiger partial charge in [0, 0.05) is 17.3 Å². The molecule has 0 spiro atoms. The number of hydrogen-bond donors (Lipinski definition) is 2. The molecule has 0 saturated carbocycles. The molecule has 0 saturated heterocycles. The SMILES string of the molecule is OCC(Nc1ccccc1)c1nccs1. The predicted octanol–water partition coefficient (Wildman–Crippen LogP) is 2.29. The van der Waals surface area contributed by atoms with Crippen molar-refractivity contribution in [3.05, 3.63) is 46.9 Å². The molecular formula is C11H12N2OS. The van der Waals surface area contributed by atoms with Crippen LogP contribution in [0.25, 0.3) is 0 Å². The fourth-order valence-electron chi connectivity index (χ4n) is 1.33. The zero-order valence-electron chi connectivity index (χ0n) is 8.13. The molecule has 1 unspecified atom stereocenters. The third-order valence-corrected chi connectivity index (χ3v) is 2.94. The summed E-state index contributed by atoms with van der Waals surface area (Å²) in [4.78, 5) is 4.18. The van der Waals surface area contributed by atoms with Crippen molar-refractivity contribution in [3.63, 3.8) is 0 Å². The number of aromatic nitrogens is 1. The second-order valence-electron chi connectivity index (χ2n) is 3.12. The van der Waals surface area contributed by atoms with E-state index in [0.29, 0.717) is 0 Å². The summed E-state index contributed by atoms with van der Waals surface area (Å²) in [7, 11) is 0. The van der Waals surface area contributed by atoms with E-state index in [0.717, 1.165) is 10.7 Å². The lowest BCUT2D eigenvalue weighted by Crippen LogP contribution is -2.14. The number of anilines is 1. The maximum atomic E-state index is 9.26. The third-order valence-electron chi connectivity index (χ3n) is 2.05. The highest BCUT2D eigenvalue weighted by atomic mass is 32.1. The normalized spacial score (nSPS) is 12.3. The van der Waals surface area contributed by atoms with Crippen LogP contribution < -0.4 is 5.32 Å². The van der Waals surface area contributed by atoms with Crippen molar-refractivity contribution >= 4 is 17.0 Å². The lowest BCUT2D eigenvalue weighted by Gasteiger charge is -2.14. The number of aliphatic hydroxyl groups is 1. The van der Waals surface area contributed by atoms with Crippen LogP contribution in [0.15, 0.2) is 41.9 Å². The number of nitrogens with zero attached hydrogens (tertiary/aromatic N) is 1. The van der Waals surface area contributed by atoms with E-state index >= 15 is 0 Å². The second kappa shape index (κ2) is 4.91. The van der Waals surface area contributed by atoms with Gasteiger partial charge in [0.2, 0.25) is 0 Å². The standard InChI is InChI=1S/C11H12N2OS/c14-8-10(11-12-6-7-15-11)13-9-4-2-1-3-5-9/h1-7,10,13-14H,8H2. The molecule has 15 heavy (non-hydrogen) atoms. The van der Waals surface area contributed by atoms with Crippen molar-refractivity contribution in [1.29, 1.82) is 0 Å². The predicted molar refractivity (Wildman–Crippen MR) is 62.0 cm³/mol. The lowest BCUT2D eigenvalue weighted by atomic mass is 10.2. The largest absolute Gasteiger partial charge is 0.394 e. The summed E-state index contributed by atoms with van der Waals surface area (Å²) in [6.07, 6.45) is 1.75. The maximum Gasteiger partial charge on any atom is 0.117 e. The molecule has 0 aliphatic carbocycles. The van der Waals surface area contributed by atoms with Crippen molar-refractivity contribution in [2.24, 2.45) is 0 Å². The first-order valence-electron chi connectivity index (χ1n) is 4.72. The van der Waals surface area contributed by atoms with Gasteiger partial charge in [0.25, 0.3) is 0 Å². The molecule has 1 atom stereocenters. The summed E-state index contributed by atoms with van der Waals surface area (Å²) in [5.41, 5.74) is 0.992. The van der Waals surface area contributed by atoms with E-state index in [2.05, 4.69) is 10.3 Å². The first-order valence-corrected chi connectivity index (χ1v) is 5.60. The summed E-state index contributed by atoms with van der Waals surface area (Å²) < 4.78 is 0. The molecule has 2 rings (SSSR count). The number of aliphatic hydroxyl groups excluding tert-OH is 1. The molecule has 2 N–H and O–H groups in total. The second-order valence-corrected chi connectivity index (χ2v) is 4.04. The Morgan fingerprint density at radius 2 is 2.13 bits per heavy atom. The van der Waals surface area contributed by atoms with Gasteiger partial charge in [0.15, 0.2) is 0 Å². The molecule has 0 fully saturated rings. The Morgan fingerprint density at radius 3 is 2.73 bits per heavy atom. The molecule has 0 bridgehead atoms. The van der Waals surface area contributed by atoms with Crippen LogP contribution in [0.3, 0.4) is 0 Å². The van der Waals surface area contributed by atoms with Gasteiger partial charge in [-0.05, 0) is 12.1 Å². The fraction of sp³-hybridized carbons (Fsp3) is 0.182. The Hall–Kier alpha value is -1.39. The molecule has 0 aliphatic rings. The lowest BCUT2D eigenvalue weighted by molar-refractivity contribution is 0.276. The van der Waals surface area contributed by atoms with Gasteiger partial charge in [-0.2, -0.15) is 0 Å². The minimum Gasteiger partial charge on any atom is -0.394 e. The van der Waals surface area contributed by atoms with Crippen LogP contribution in [0, 0.1) is 0 Å². The molecule has 1 aromatic carbocycles. The van der Waals surface area contributed by atoms with Gasteiger partial charge >= 0.3 is 0 Å². The fourth-order valence-corrected chi connectivity index (χ4v) is 2.01. The molecule has 3 nitrogen and oxygen atoms in total. The Balaban J connectivity index is 2.10. The Kier molecular flexibility index (Phi) is 3.32. The summed E-state index contributed by atoms with van der Waals surface area (Å²) in [5, 5.41) is 15.3. The zero-order chi connectivity index (χ0) is 10.5. The number of benzene rings is 1. The minimum absolute atomic E-state index is 0.0441. The minimum atomic E-state index is -0.118. The Labute approximate surface area is 92.4 Å². The van der Waals surface area contributed by atoms with E-state index in [1.165, 1.54) is 0 Å². The molecule has 1 heterocycles. The average molecular weight is 220 g/mol. The van der Waals surface area contributed by atoms with Crippen LogP contribution in [-0.4, -0.2) is 16.7 Å². The average Bonchev–Trinajstić information content (AvgIpc) is 2.81. The van der Waals surface area contributed by atoms with Gasteiger partial charge < -0.3 is 10.4 Å². The summed E-state index contributed by atoms with van der Waals surface area (Å²) in [5.74, 6) is 0.